The summed E-state index contributed by atoms with van der Waals surface area (Å²) in [4.78, 5) is 26.0. The number of benzene rings is 3. The number of carbonyl (C=O) groups excluding carboxylic acids is 1. The van der Waals surface area contributed by atoms with E-state index >= 15 is 0 Å². The van der Waals surface area contributed by atoms with Crippen molar-refractivity contribution in [2.45, 2.75) is 39.3 Å². The molecule has 36 heavy (non-hydrogen) atoms. The Bertz CT molecular complexity index is 1490. The summed E-state index contributed by atoms with van der Waals surface area (Å²) in [5, 5.41) is 2.82. The molecular formula is C28H23F4NO3. The lowest BCUT2D eigenvalue weighted by atomic mass is 9.92. The number of hydrogen-bond acceptors (Lipinski definition) is 3. The maximum Gasteiger partial charge on any atom is 0.418 e. The van der Waals surface area contributed by atoms with Gasteiger partial charge in [0, 0.05) is 10.9 Å². The van der Waals surface area contributed by atoms with Gasteiger partial charge in [0.05, 0.1) is 23.2 Å². The van der Waals surface area contributed by atoms with Crippen molar-refractivity contribution in [2.75, 3.05) is 5.32 Å². The summed E-state index contributed by atoms with van der Waals surface area (Å²) in [6.07, 6.45) is -3.93. The van der Waals surface area contributed by atoms with E-state index in [2.05, 4.69) is 5.32 Å². The van der Waals surface area contributed by atoms with E-state index in [1.165, 1.54) is 0 Å². The van der Waals surface area contributed by atoms with Crippen LogP contribution in [0, 0.1) is 5.82 Å². The molecule has 0 radical (unpaired) electrons. The topological polar surface area (TPSA) is 59.3 Å². The standard InChI is InChI=1S/C28H23F4NO3/c1-3-16-12-20-24(13-17(16)4-2)36-27(35)21(26(20)18-8-6-5-7-9-18)15-25(34)33-23-11-10-19(29)14-22(23)28(30,31)32/h5-14H,3-4,15H2,1-2H3,(H,33,34). The van der Waals surface area contributed by atoms with Crippen molar-refractivity contribution < 1.29 is 26.8 Å². The van der Waals surface area contributed by atoms with E-state index in [4.69, 9.17) is 4.42 Å². The first-order valence-electron chi connectivity index (χ1n) is 11.5. The van der Waals surface area contributed by atoms with Crippen LogP contribution in [0.25, 0.3) is 22.1 Å². The van der Waals surface area contributed by atoms with E-state index < -0.39 is 41.2 Å². The number of hydrogen-bond donors (Lipinski definition) is 1. The van der Waals surface area contributed by atoms with Crippen LogP contribution in [0.2, 0.25) is 0 Å². The maximum absolute atomic E-state index is 13.5. The average Bonchev–Trinajstić information content (AvgIpc) is 2.84. The molecule has 1 heterocycles. The third-order valence-corrected chi connectivity index (χ3v) is 6.04. The molecule has 4 nitrogen and oxygen atoms in total. The smallest absolute Gasteiger partial charge is 0.418 e. The minimum absolute atomic E-state index is 0.0215. The van der Waals surface area contributed by atoms with Crippen molar-refractivity contribution in [1.82, 2.24) is 0 Å². The van der Waals surface area contributed by atoms with Gasteiger partial charge in [-0.15, -0.1) is 0 Å². The van der Waals surface area contributed by atoms with Crippen LogP contribution >= 0.6 is 0 Å². The molecule has 0 saturated carbocycles. The summed E-state index contributed by atoms with van der Waals surface area (Å²) in [7, 11) is 0. The zero-order valence-electron chi connectivity index (χ0n) is 19.6. The SMILES string of the molecule is CCc1cc2oc(=O)c(CC(=O)Nc3ccc(F)cc3C(F)(F)F)c(-c3ccccc3)c2cc1CC. The second kappa shape index (κ2) is 9.97. The van der Waals surface area contributed by atoms with Crippen LogP contribution in [0.3, 0.4) is 0 Å². The summed E-state index contributed by atoms with van der Waals surface area (Å²) < 4.78 is 59.2. The molecule has 0 saturated heterocycles. The molecule has 0 unspecified atom stereocenters. The molecule has 3 aromatic carbocycles. The monoisotopic (exact) mass is 497 g/mol. The van der Waals surface area contributed by atoms with Crippen LogP contribution in [-0.2, 0) is 30.2 Å². The van der Waals surface area contributed by atoms with Gasteiger partial charge in [-0.1, -0.05) is 44.2 Å². The molecule has 1 amide bonds. The third-order valence-electron chi connectivity index (χ3n) is 6.04. The van der Waals surface area contributed by atoms with Gasteiger partial charge in [0.15, 0.2) is 0 Å². The average molecular weight is 497 g/mol. The fourth-order valence-electron chi connectivity index (χ4n) is 4.34. The number of halogens is 4. The summed E-state index contributed by atoms with van der Waals surface area (Å²) in [5.41, 5.74) is 0.986. The first-order chi connectivity index (χ1) is 17.1. The lowest BCUT2D eigenvalue weighted by Crippen LogP contribution is -2.22. The van der Waals surface area contributed by atoms with Gasteiger partial charge in [0.1, 0.15) is 11.4 Å². The highest BCUT2D eigenvalue weighted by Crippen LogP contribution is 2.36. The highest BCUT2D eigenvalue weighted by atomic mass is 19.4. The molecule has 1 N–H and O–H groups in total. The maximum atomic E-state index is 13.5. The molecule has 0 aliphatic heterocycles. The van der Waals surface area contributed by atoms with Crippen LogP contribution < -0.4 is 10.9 Å². The molecule has 0 aliphatic rings. The number of rotatable bonds is 6. The van der Waals surface area contributed by atoms with Crippen molar-refractivity contribution in [3.8, 4) is 11.1 Å². The van der Waals surface area contributed by atoms with Crippen molar-refractivity contribution in [3.63, 3.8) is 0 Å². The van der Waals surface area contributed by atoms with E-state index in [9.17, 15) is 27.2 Å². The van der Waals surface area contributed by atoms with E-state index in [1.54, 1.807) is 24.3 Å². The van der Waals surface area contributed by atoms with E-state index in [0.29, 0.717) is 28.2 Å². The normalized spacial score (nSPS) is 11.6. The van der Waals surface area contributed by atoms with E-state index in [0.717, 1.165) is 36.1 Å². The molecule has 0 atom stereocenters. The third kappa shape index (κ3) is 5.03. The first kappa shape index (κ1) is 25.2. The fourth-order valence-corrected chi connectivity index (χ4v) is 4.34. The highest BCUT2D eigenvalue weighted by molar-refractivity contribution is 5.99. The number of anilines is 1. The van der Waals surface area contributed by atoms with Gasteiger partial charge in [-0.25, -0.2) is 9.18 Å². The van der Waals surface area contributed by atoms with E-state index in [-0.39, 0.29) is 5.56 Å². The molecule has 186 valence electrons. The highest BCUT2D eigenvalue weighted by Gasteiger charge is 2.34. The first-order valence-corrected chi connectivity index (χ1v) is 11.5. The number of aryl methyl sites for hydroxylation is 2. The molecule has 4 rings (SSSR count). The van der Waals surface area contributed by atoms with Crippen molar-refractivity contribution >= 4 is 22.6 Å². The number of fused-ring (bicyclic) bond motifs is 1. The number of nitrogens with one attached hydrogen (secondary N) is 1. The van der Waals surface area contributed by atoms with Crippen LogP contribution in [-0.4, -0.2) is 5.91 Å². The lowest BCUT2D eigenvalue weighted by Gasteiger charge is -2.16. The second-order valence-corrected chi connectivity index (χ2v) is 8.35. The Kier molecular flexibility index (Phi) is 6.97. The molecule has 0 fully saturated rings. The van der Waals surface area contributed by atoms with Crippen molar-refractivity contribution in [2.24, 2.45) is 0 Å². The summed E-state index contributed by atoms with van der Waals surface area (Å²) in [6, 6.07) is 14.7. The van der Waals surface area contributed by atoms with Gasteiger partial charge in [-0.05, 0) is 59.9 Å². The molecular weight excluding hydrogens is 474 g/mol. The van der Waals surface area contributed by atoms with Gasteiger partial charge in [0.25, 0.3) is 0 Å². The van der Waals surface area contributed by atoms with Crippen molar-refractivity contribution in [1.29, 1.82) is 0 Å². The molecule has 4 aromatic rings. The number of alkyl halides is 3. The van der Waals surface area contributed by atoms with Gasteiger partial charge in [-0.2, -0.15) is 13.2 Å². The minimum atomic E-state index is -4.88. The predicted molar refractivity (Wildman–Crippen MR) is 130 cm³/mol. The molecule has 1 aromatic heterocycles. The van der Waals surface area contributed by atoms with Gasteiger partial charge in [-0.3, -0.25) is 4.79 Å². The minimum Gasteiger partial charge on any atom is -0.422 e. The quantitative estimate of drug-likeness (QED) is 0.232. The molecule has 0 spiro atoms. The zero-order chi connectivity index (χ0) is 26.0. The molecule has 0 aliphatic carbocycles. The Balaban J connectivity index is 1.84. The molecule has 0 bridgehead atoms. The Morgan fingerprint density at radius 3 is 2.25 bits per heavy atom. The number of carbonyl (C=O) groups is 1. The Hall–Kier alpha value is -3.94. The largest absolute Gasteiger partial charge is 0.422 e. The van der Waals surface area contributed by atoms with Crippen molar-refractivity contribution in [3.05, 3.63) is 99.2 Å². The predicted octanol–water partition coefficient (Wildman–Crippen LogP) is 6.92. The Morgan fingerprint density at radius 1 is 0.944 bits per heavy atom. The summed E-state index contributed by atoms with van der Waals surface area (Å²) >= 11 is 0. The summed E-state index contributed by atoms with van der Waals surface area (Å²) in [6.45, 7) is 4.01. The van der Waals surface area contributed by atoms with Crippen LogP contribution in [0.15, 0.2) is 69.9 Å². The second-order valence-electron chi connectivity index (χ2n) is 8.35. The van der Waals surface area contributed by atoms with Crippen LogP contribution in [0.5, 0.6) is 0 Å². The zero-order valence-corrected chi connectivity index (χ0v) is 19.6. The fraction of sp³-hybridized carbons (Fsp3) is 0.214. The van der Waals surface area contributed by atoms with Crippen LogP contribution in [0.1, 0.15) is 36.1 Å². The molecule has 8 heteroatoms. The number of amides is 1. The Morgan fingerprint density at radius 2 is 1.61 bits per heavy atom. The summed E-state index contributed by atoms with van der Waals surface area (Å²) in [5.74, 6) is -1.95. The lowest BCUT2D eigenvalue weighted by molar-refractivity contribution is -0.137. The van der Waals surface area contributed by atoms with Gasteiger partial charge >= 0.3 is 11.8 Å². The Labute approximate surface area is 204 Å². The van der Waals surface area contributed by atoms with E-state index in [1.807, 2.05) is 32.0 Å². The van der Waals surface area contributed by atoms with Crippen LogP contribution in [0.4, 0.5) is 23.2 Å². The van der Waals surface area contributed by atoms with Gasteiger partial charge < -0.3 is 9.73 Å². The van der Waals surface area contributed by atoms with Gasteiger partial charge in [0.2, 0.25) is 5.91 Å².